The molecule has 0 bridgehead atoms. The molecular formula is C6H8N4S2. The third-order valence-corrected chi connectivity index (χ3v) is 2.54. The maximum atomic E-state index is 5.09. The molecule has 2 rings (SSSR count). The SMILES string of the molecule is CSc1nc2n(c(=S)n1)CCN2. The van der Waals surface area contributed by atoms with E-state index in [9.17, 15) is 0 Å². The Labute approximate surface area is 79.4 Å². The fourth-order valence-corrected chi connectivity index (χ4v) is 1.79. The summed E-state index contributed by atoms with van der Waals surface area (Å²) in [6.07, 6.45) is 1.94. The zero-order chi connectivity index (χ0) is 8.55. The lowest BCUT2D eigenvalue weighted by molar-refractivity contribution is 0.721. The number of aromatic nitrogens is 3. The van der Waals surface area contributed by atoms with Crippen molar-refractivity contribution in [1.82, 2.24) is 14.5 Å². The second-order valence-electron chi connectivity index (χ2n) is 2.39. The molecule has 0 fully saturated rings. The van der Waals surface area contributed by atoms with E-state index in [0.717, 1.165) is 24.2 Å². The van der Waals surface area contributed by atoms with Crippen LogP contribution in [0.1, 0.15) is 0 Å². The molecule has 4 nitrogen and oxygen atoms in total. The van der Waals surface area contributed by atoms with E-state index >= 15 is 0 Å². The third kappa shape index (κ3) is 1.21. The van der Waals surface area contributed by atoms with Crippen LogP contribution in [0.3, 0.4) is 0 Å². The summed E-state index contributed by atoms with van der Waals surface area (Å²) in [5, 5.41) is 3.88. The number of hydrogen-bond donors (Lipinski definition) is 1. The summed E-state index contributed by atoms with van der Waals surface area (Å²) in [5.74, 6) is 0.847. The fourth-order valence-electron chi connectivity index (χ4n) is 1.12. The molecule has 0 radical (unpaired) electrons. The van der Waals surface area contributed by atoms with Crippen molar-refractivity contribution in [2.24, 2.45) is 0 Å². The Kier molecular flexibility index (Phi) is 2.02. The highest BCUT2D eigenvalue weighted by Gasteiger charge is 2.11. The van der Waals surface area contributed by atoms with E-state index in [1.54, 1.807) is 0 Å². The number of nitrogens with zero attached hydrogens (tertiary/aromatic N) is 3. The van der Waals surface area contributed by atoms with Gasteiger partial charge in [-0.3, -0.25) is 4.57 Å². The highest BCUT2D eigenvalue weighted by Crippen LogP contribution is 2.15. The van der Waals surface area contributed by atoms with Crippen molar-refractivity contribution in [3.8, 4) is 0 Å². The first-order chi connectivity index (χ1) is 5.81. The zero-order valence-electron chi connectivity index (χ0n) is 6.57. The summed E-state index contributed by atoms with van der Waals surface area (Å²) in [6.45, 7) is 1.78. The molecule has 1 aliphatic heterocycles. The van der Waals surface area contributed by atoms with E-state index in [4.69, 9.17) is 12.2 Å². The van der Waals surface area contributed by atoms with E-state index in [-0.39, 0.29) is 0 Å². The van der Waals surface area contributed by atoms with Gasteiger partial charge in [-0.05, 0) is 18.5 Å². The highest BCUT2D eigenvalue weighted by atomic mass is 32.2. The van der Waals surface area contributed by atoms with E-state index in [2.05, 4.69) is 15.3 Å². The average Bonchev–Trinajstić information content (AvgIpc) is 2.52. The molecule has 0 saturated carbocycles. The Morgan fingerprint density at radius 1 is 1.58 bits per heavy atom. The van der Waals surface area contributed by atoms with Gasteiger partial charge < -0.3 is 5.32 Å². The highest BCUT2D eigenvalue weighted by molar-refractivity contribution is 7.98. The van der Waals surface area contributed by atoms with Crippen LogP contribution in [0.5, 0.6) is 0 Å². The minimum atomic E-state index is 0.620. The van der Waals surface area contributed by atoms with Crippen LogP contribution in [0, 0.1) is 4.77 Å². The molecule has 6 heteroatoms. The van der Waals surface area contributed by atoms with Crippen LogP contribution in [0.25, 0.3) is 0 Å². The molecule has 64 valence electrons. The molecule has 12 heavy (non-hydrogen) atoms. The first kappa shape index (κ1) is 8.00. The van der Waals surface area contributed by atoms with E-state index in [1.807, 2.05) is 10.8 Å². The topological polar surface area (TPSA) is 42.7 Å². The van der Waals surface area contributed by atoms with Crippen molar-refractivity contribution in [1.29, 1.82) is 0 Å². The predicted molar refractivity (Wildman–Crippen MR) is 51.1 cm³/mol. The minimum absolute atomic E-state index is 0.620. The smallest absolute Gasteiger partial charge is 0.207 e. The van der Waals surface area contributed by atoms with Gasteiger partial charge in [0.05, 0.1) is 0 Å². The fraction of sp³-hybridized carbons (Fsp3) is 0.500. The van der Waals surface area contributed by atoms with Gasteiger partial charge in [0.15, 0.2) is 5.16 Å². The first-order valence-electron chi connectivity index (χ1n) is 3.58. The molecule has 0 saturated heterocycles. The third-order valence-electron chi connectivity index (χ3n) is 1.68. The summed E-state index contributed by atoms with van der Waals surface area (Å²) < 4.78 is 2.53. The van der Waals surface area contributed by atoms with Crippen LogP contribution in [-0.2, 0) is 6.54 Å². The second-order valence-corrected chi connectivity index (χ2v) is 3.53. The molecule has 0 spiro atoms. The normalized spacial score (nSPS) is 14.1. The largest absolute Gasteiger partial charge is 0.354 e. The molecular weight excluding hydrogens is 192 g/mol. The van der Waals surface area contributed by atoms with Gasteiger partial charge in [0.2, 0.25) is 10.7 Å². The van der Waals surface area contributed by atoms with Gasteiger partial charge in [0.25, 0.3) is 0 Å². The van der Waals surface area contributed by atoms with Crippen LogP contribution in [-0.4, -0.2) is 27.3 Å². The summed E-state index contributed by atoms with van der Waals surface area (Å²) >= 11 is 6.60. The van der Waals surface area contributed by atoms with E-state index < -0.39 is 0 Å². The Morgan fingerprint density at radius 2 is 2.42 bits per heavy atom. The molecule has 0 aliphatic carbocycles. The summed E-state index contributed by atoms with van der Waals surface area (Å²) in [5.41, 5.74) is 0. The summed E-state index contributed by atoms with van der Waals surface area (Å²) in [6, 6.07) is 0. The molecule has 1 aromatic heterocycles. The lowest BCUT2D eigenvalue weighted by atomic mass is 10.7. The van der Waals surface area contributed by atoms with Gasteiger partial charge in [-0.1, -0.05) is 11.8 Å². The van der Waals surface area contributed by atoms with Crippen LogP contribution in [0.15, 0.2) is 5.16 Å². The predicted octanol–water partition coefficient (Wildman–Crippen LogP) is 1.15. The average molecular weight is 200 g/mol. The lowest BCUT2D eigenvalue weighted by Crippen LogP contribution is -2.01. The Bertz CT molecular complexity index is 359. The molecule has 0 amide bonds. The quantitative estimate of drug-likeness (QED) is 0.544. The molecule has 1 N–H and O–H groups in total. The van der Waals surface area contributed by atoms with Crippen molar-refractivity contribution >= 4 is 29.9 Å². The number of anilines is 1. The summed E-state index contributed by atoms with van der Waals surface area (Å²) in [7, 11) is 0. The Balaban J connectivity index is 2.59. The van der Waals surface area contributed by atoms with Crippen LogP contribution in [0.2, 0.25) is 0 Å². The van der Waals surface area contributed by atoms with Gasteiger partial charge in [-0.15, -0.1) is 0 Å². The monoisotopic (exact) mass is 200 g/mol. The zero-order valence-corrected chi connectivity index (χ0v) is 8.21. The van der Waals surface area contributed by atoms with Crippen LogP contribution in [0.4, 0.5) is 5.95 Å². The number of thioether (sulfide) groups is 1. The Hall–Kier alpha value is -0.620. The molecule has 1 aromatic rings. The Morgan fingerprint density at radius 3 is 3.17 bits per heavy atom. The second kappa shape index (κ2) is 3.02. The first-order valence-corrected chi connectivity index (χ1v) is 5.21. The van der Waals surface area contributed by atoms with Crippen LogP contribution >= 0.6 is 24.0 Å². The van der Waals surface area contributed by atoms with Crippen molar-refractivity contribution < 1.29 is 0 Å². The van der Waals surface area contributed by atoms with E-state index in [1.165, 1.54) is 11.8 Å². The van der Waals surface area contributed by atoms with Gasteiger partial charge in [0, 0.05) is 13.1 Å². The lowest BCUT2D eigenvalue weighted by Gasteiger charge is -2.02. The minimum Gasteiger partial charge on any atom is -0.354 e. The molecule has 1 aliphatic rings. The molecule has 0 atom stereocenters. The number of nitrogens with one attached hydrogen (secondary N) is 1. The van der Waals surface area contributed by atoms with Gasteiger partial charge in [-0.2, -0.15) is 9.97 Å². The maximum absolute atomic E-state index is 5.09. The number of fused-ring (bicyclic) bond motifs is 1. The van der Waals surface area contributed by atoms with Crippen LogP contribution < -0.4 is 5.32 Å². The van der Waals surface area contributed by atoms with Gasteiger partial charge in [-0.25, -0.2) is 0 Å². The van der Waals surface area contributed by atoms with Gasteiger partial charge in [0.1, 0.15) is 0 Å². The maximum Gasteiger partial charge on any atom is 0.207 e. The van der Waals surface area contributed by atoms with Gasteiger partial charge >= 0.3 is 0 Å². The number of hydrogen-bond acceptors (Lipinski definition) is 5. The summed E-state index contributed by atoms with van der Waals surface area (Å²) in [4.78, 5) is 8.42. The van der Waals surface area contributed by atoms with Crippen molar-refractivity contribution in [2.75, 3.05) is 18.1 Å². The molecule has 0 unspecified atom stereocenters. The molecule has 2 heterocycles. The van der Waals surface area contributed by atoms with Crippen molar-refractivity contribution in [2.45, 2.75) is 11.7 Å². The number of rotatable bonds is 1. The van der Waals surface area contributed by atoms with Crippen molar-refractivity contribution in [3.63, 3.8) is 0 Å². The molecule has 0 aromatic carbocycles. The van der Waals surface area contributed by atoms with Crippen molar-refractivity contribution in [3.05, 3.63) is 4.77 Å². The van der Waals surface area contributed by atoms with E-state index in [0.29, 0.717) is 4.77 Å². The standard InChI is InChI=1S/C6H8N4S2/c1-12-5-8-4-7-2-3-10(4)6(11)9-5/h2-3H2,1H3,(H,7,8,9,11).